The molecule has 0 saturated carbocycles. The summed E-state index contributed by atoms with van der Waals surface area (Å²) in [7, 11) is 1.52. The fourth-order valence-corrected chi connectivity index (χ4v) is 3.72. The summed E-state index contributed by atoms with van der Waals surface area (Å²) in [5.74, 6) is 1.60. The third-order valence-electron chi connectivity index (χ3n) is 4.56. The van der Waals surface area contributed by atoms with Gasteiger partial charge < -0.3 is 14.2 Å². The van der Waals surface area contributed by atoms with Gasteiger partial charge in [0.25, 0.3) is 5.91 Å². The maximum Gasteiger partial charge on any atom is 0.257 e. The van der Waals surface area contributed by atoms with Crippen LogP contribution in [0.4, 0.5) is 5.13 Å². The number of fused-ring (bicyclic) bond motifs is 1. The first kappa shape index (κ1) is 19.2. The van der Waals surface area contributed by atoms with Crippen molar-refractivity contribution in [3.05, 3.63) is 47.5 Å². The van der Waals surface area contributed by atoms with Crippen LogP contribution in [0.25, 0.3) is 10.6 Å². The number of benzene rings is 2. The monoisotopic (exact) mass is 411 g/mol. The quantitative estimate of drug-likeness (QED) is 0.672. The predicted molar refractivity (Wildman–Crippen MR) is 111 cm³/mol. The highest BCUT2D eigenvalue weighted by atomic mass is 32.1. The molecule has 0 aliphatic carbocycles. The van der Waals surface area contributed by atoms with Crippen molar-refractivity contribution in [1.82, 2.24) is 10.2 Å². The lowest BCUT2D eigenvalue weighted by Gasteiger charge is -2.21. The highest BCUT2D eigenvalue weighted by molar-refractivity contribution is 7.18. The second kappa shape index (κ2) is 8.08. The first-order chi connectivity index (χ1) is 14.0. The Bertz CT molecular complexity index is 1010. The van der Waals surface area contributed by atoms with Crippen molar-refractivity contribution in [2.24, 2.45) is 0 Å². The van der Waals surface area contributed by atoms with Crippen LogP contribution in [0.3, 0.4) is 0 Å². The number of amides is 1. The Hall–Kier alpha value is -3.13. The third-order valence-corrected chi connectivity index (χ3v) is 5.45. The van der Waals surface area contributed by atoms with E-state index in [0.717, 1.165) is 10.6 Å². The van der Waals surface area contributed by atoms with E-state index < -0.39 is 0 Å². The van der Waals surface area contributed by atoms with Crippen molar-refractivity contribution in [2.75, 3.05) is 25.6 Å². The van der Waals surface area contributed by atoms with E-state index in [2.05, 4.69) is 41.5 Å². The average Bonchev–Trinajstić information content (AvgIpc) is 3.21. The van der Waals surface area contributed by atoms with Crippen LogP contribution in [-0.2, 0) is 0 Å². The topological polar surface area (TPSA) is 82.6 Å². The lowest BCUT2D eigenvalue weighted by molar-refractivity contribution is 0.102. The molecule has 4 rings (SSSR count). The number of carbonyl (C=O) groups is 1. The van der Waals surface area contributed by atoms with Crippen molar-refractivity contribution in [1.29, 1.82) is 0 Å². The van der Waals surface area contributed by atoms with Gasteiger partial charge in [-0.1, -0.05) is 49.4 Å². The summed E-state index contributed by atoms with van der Waals surface area (Å²) in [4.78, 5) is 12.7. The minimum atomic E-state index is -0.321. The molecular formula is C21H21N3O4S. The van der Waals surface area contributed by atoms with E-state index in [1.165, 1.54) is 24.0 Å². The maximum absolute atomic E-state index is 12.7. The van der Waals surface area contributed by atoms with Gasteiger partial charge >= 0.3 is 0 Å². The number of methoxy groups -OCH3 is 1. The van der Waals surface area contributed by atoms with Gasteiger partial charge in [-0.15, -0.1) is 10.2 Å². The number of hydrogen-bond donors (Lipinski definition) is 1. The number of ether oxygens (including phenoxy) is 3. The molecule has 0 fully saturated rings. The number of rotatable bonds is 5. The van der Waals surface area contributed by atoms with Crippen molar-refractivity contribution >= 4 is 22.4 Å². The van der Waals surface area contributed by atoms with Crippen LogP contribution in [0, 0.1) is 0 Å². The van der Waals surface area contributed by atoms with E-state index in [1.54, 1.807) is 12.1 Å². The molecule has 1 aliphatic heterocycles. The molecule has 8 heteroatoms. The van der Waals surface area contributed by atoms with Gasteiger partial charge in [0.15, 0.2) is 11.5 Å². The van der Waals surface area contributed by atoms with Gasteiger partial charge in [0, 0.05) is 11.1 Å². The van der Waals surface area contributed by atoms with Crippen LogP contribution in [0.15, 0.2) is 36.4 Å². The molecule has 1 aromatic heterocycles. The van der Waals surface area contributed by atoms with Crippen molar-refractivity contribution < 1.29 is 19.0 Å². The van der Waals surface area contributed by atoms with Gasteiger partial charge in [0.2, 0.25) is 10.9 Å². The molecule has 0 spiro atoms. The zero-order valence-electron chi connectivity index (χ0n) is 16.4. The van der Waals surface area contributed by atoms with Crippen LogP contribution in [-0.4, -0.2) is 36.4 Å². The van der Waals surface area contributed by atoms with E-state index in [9.17, 15) is 4.79 Å². The average molecular weight is 411 g/mol. The first-order valence-corrected chi connectivity index (χ1v) is 10.1. The Morgan fingerprint density at radius 1 is 1.14 bits per heavy atom. The van der Waals surface area contributed by atoms with Gasteiger partial charge in [-0.3, -0.25) is 10.1 Å². The summed E-state index contributed by atoms with van der Waals surface area (Å²) in [6.07, 6.45) is 0. The molecule has 0 atom stereocenters. The Labute approximate surface area is 172 Å². The van der Waals surface area contributed by atoms with Crippen LogP contribution >= 0.6 is 11.3 Å². The molecule has 29 heavy (non-hydrogen) atoms. The molecule has 3 aromatic rings. The molecule has 2 heterocycles. The van der Waals surface area contributed by atoms with E-state index in [4.69, 9.17) is 14.2 Å². The molecule has 0 saturated heterocycles. The number of hydrogen-bond acceptors (Lipinski definition) is 7. The smallest absolute Gasteiger partial charge is 0.257 e. The fourth-order valence-electron chi connectivity index (χ4n) is 2.97. The van der Waals surface area contributed by atoms with E-state index in [-0.39, 0.29) is 5.91 Å². The molecule has 1 amide bonds. The summed E-state index contributed by atoms with van der Waals surface area (Å²) in [5.41, 5.74) is 2.62. The highest BCUT2D eigenvalue weighted by Crippen LogP contribution is 2.40. The molecule has 150 valence electrons. The van der Waals surface area contributed by atoms with E-state index in [1.807, 2.05) is 12.1 Å². The number of aromatic nitrogens is 2. The SMILES string of the molecule is COc1cc(C(=O)Nc2nnc(-c3ccc(C(C)C)cc3)s2)cc2c1OCCO2. The molecule has 1 N–H and O–H groups in total. The number of anilines is 1. The third kappa shape index (κ3) is 4.02. The van der Waals surface area contributed by atoms with E-state index in [0.29, 0.717) is 47.1 Å². The number of carbonyl (C=O) groups excluding carboxylic acids is 1. The molecule has 0 bridgehead atoms. The van der Waals surface area contributed by atoms with Crippen molar-refractivity contribution in [3.8, 4) is 27.8 Å². The summed E-state index contributed by atoms with van der Waals surface area (Å²) < 4.78 is 16.5. The predicted octanol–water partition coefficient (Wildman–Crippen LogP) is 4.36. The number of nitrogens with zero attached hydrogens (tertiary/aromatic N) is 2. The Morgan fingerprint density at radius 2 is 1.90 bits per heavy atom. The van der Waals surface area contributed by atoms with Crippen molar-refractivity contribution in [2.45, 2.75) is 19.8 Å². The summed E-state index contributed by atoms with van der Waals surface area (Å²) in [6, 6.07) is 11.5. The van der Waals surface area contributed by atoms with Crippen LogP contribution in [0.5, 0.6) is 17.2 Å². The minimum Gasteiger partial charge on any atom is -0.493 e. The molecule has 0 radical (unpaired) electrons. The molecule has 7 nitrogen and oxygen atoms in total. The first-order valence-electron chi connectivity index (χ1n) is 9.28. The van der Waals surface area contributed by atoms with Gasteiger partial charge in [-0.25, -0.2) is 0 Å². The normalized spacial score (nSPS) is 12.7. The summed E-state index contributed by atoms with van der Waals surface area (Å²) in [5, 5.41) is 12.2. The largest absolute Gasteiger partial charge is 0.493 e. The Balaban J connectivity index is 1.52. The Morgan fingerprint density at radius 3 is 2.62 bits per heavy atom. The molecule has 2 aromatic carbocycles. The number of nitrogens with one attached hydrogen (secondary N) is 1. The zero-order chi connectivity index (χ0) is 20.4. The van der Waals surface area contributed by atoms with Gasteiger partial charge in [-0.2, -0.15) is 0 Å². The van der Waals surface area contributed by atoms with Crippen LogP contribution in [0.2, 0.25) is 0 Å². The second-order valence-electron chi connectivity index (χ2n) is 6.85. The van der Waals surface area contributed by atoms with Crippen LogP contribution < -0.4 is 19.5 Å². The van der Waals surface area contributed by atoms with Gasteiger partial charge in [0.1, 0.15) is 18.2 Å². The van der Waals surface area contributed by atoms with E-state index >= 15 is 0 Å². The lowest BCUT2D eigenvalue weighted by atomic mass is 10.0. The van der Waals surface area contributed by atoms with Gasteiger partial charge in [0.05, 0.1) is 7.11 Å². The summed E-state index contributed by atoms with van der Waals surface area (Å²) >= 11 is 1.32. The van der Waals surface area contributed by atoms with Crippen LogP contribution in [0.1, 0.15) is 35.7 Å². The molecular weight excluding hydrogens is 390 g/mol. The fraction of sp³-hybridized carbons (Fsp3) is 0.286. The van der Waals surface area contributed by atoms with Crippen molar-refractivity contribution in [3.63, 3.8) is 0 Å². The Kier molecular flexibility index (Phi) is 5.35. The standard InChI is InChI=1S/C21H21N3O4S/c1-12(2)13-4-6-14(7-5-13)20-23-24-21(29-20)22-19(25)15-10-16(26-3)18-17(11-15)27-8-9-28-18/h4-7,10-12H,8-9H2,1-3H3,(H,22,24,25). The second-order valence-corrected chi connectivity index (χ2v) is 7.82. The van der Waals surface area contributed by atoms with Gasteiger partial charge in [-0.05, 0) is 23.6 Å². The zero-order valence-corrected chi connectivity index (χ0v) is 17.2. The highest BCUT2D eigenvalue weighted by Gasteiger charge is 2.21. The maximum atomic E-state index is 12.7. The summed E-state index contributed by atoms with van der Waals surface area (Å²) in [6.45, 7) is 5.18. The molecule has 0 unspecified atom stereocenters. The minimum absolute atomic E-state index is 0.321. The lowest BCUT2D eigenvalue weighted by Crippen LogP contribution is -2.18. The molecule has 1 aliphatic rings.